The molecule has 29 heavy (non-hydrogen) atoms. The minimum atomic E-state index is -4.59. The van der Waals surface area contributed by atoms with Crippen molar-refractivity contribution in [3.05, 3.63) is 29.6 Å². The number of aryl methyl sites for hydroxylation is 1. The molecule has 1 aromatic heterocycles. The fourth-order valence-electron chi connectivity index (χ4n) is 3.89. The van der Waals surface area contributed by atoms with Crippen molar-refractivity contribution in [3.63, 3.8) is 0 Å². The molecule has 1 aliphatic rings. The number of carbonyl (C=O) groups excluding carboxylic acids is 1. The number of nitrogens with zero attached hydrogens (tertiary/aromatic N) is 2. The van der Waals surface area contributed by atoms with Crippen LogP contribution in [-0.4, -0.2) is 54.7 Å². The van der Waals surface area contributed by atoms with Gasteiger partial charge in [-0.15, -0.1) is 0 Å². The predicted octanol–water partition coefficient (Wildman–Crippen LogP) is 2.92. The summed E-state index contributed by atoms with van der Waals surface area (Å²) in [7, 11) is -3.37. The molecule has 2 heterocycles. The summed E-state index contributed by atoms with van der Waals surface area (Å²) in [5.74, 6) is -1.04. The first-order valence-corrected chi connectivity index (χ1v) is 11.3. The molecule has 1 aromatic rings. The van der Waals surface area contributed by atoms with Crippen LogP contribution in [0.15, 0.2) is 18.2 Å². The standard InChI is InChI=1S/C19H28F3N3O3S/c1-4-12-29(27,28)25-10-8-18(9-11-25,16-7-5-6-14(2)23-16)15(3)24-17(26)13-19(20,21)22/h5-7,15H,4,8-13H2,1-3H3,(H,24,26)/t15-/m0/s1. The smallest absolute Gasteiger partial charge is 0.352 e. The van der Waals surface area contributed by atoms with Crippen molar-refractivity contribution in [1.82, 2.24) is 14.6 Å². The van der Waals surface area contributed by atoms with E-state index in [1.807, 2.05) is 19.1 Å². The summed E-state index contributed by atoms with van der Waals surface area (Å²) in [6.45, 7) is 5.73. The van der Waals surface area contributed by atoms with E-state index in [0.717, 1.165) is 5.69 Å². The molecule has 6 nitrogen and oxygen atoms in total. The highest BCUT2D eigenvalue weighted by atomic mass is 32.2. The quantitative estimate of drug-likeness (QED) is 0.714. The maximum absolute atomic E-state index is 12.6. The number of piperidine rings is 1. The Balaban J connectivity index is 2.29. The number of carbonyl (C=O) groups is 1. The number of sulfonamides is 1. The molecule has 0 aliphatic carbocycles. The van der Waals surface area contributed by atoms with Gasteiger partial charge in [-0.3, -0.25) is 9.78 Å². The van der Waals surface area contributed by atoms with Crippen LogP contribution in [0.4, 0.5) is 13.2 Å². The van der Waals surface area contributed by atoms with E-state index in [1.165, 1.54) is 4.31 Å². The number of hydrogen-bond acceptors (Lipinski definition) is 4. The Hall–Kier alpha value is -1.68. The highest BCUT2D eigenvalue weighted by molar-refractivity contribution is 7.89. The number of aromatic nitrogens is 1. The maximum Gasteiger partial charge on any atom is 0.397 e. The molecule has 10 heteroatoms. The van der Waals surface area contributed by atoms with Gasteiger partial charge in [0.05, 0.1) is 5.75 Å². The number of pyridine rings is 1. The lowest BCUT2D eigenvalue weighted by Crippen LogP contribution is -2.56. The Morgan fingerprint density at radius 2 is 1.93 bits per heavy atom. The molecule has 164 valence electrons. The summed E-state index contributed by atoms with van der Waals surface area (Å²) in [5, 5.41) is 2.48. The first kappa shape index (κ1) is 23.6. The second-order valence-corrected chi connectivity index (χ2v) is 9.71. The molecule has 0 spiro atoms. The molecule has 1 saturated heterocycles. The van der Waals surface area contributed by atoms with Crippen LogP contribution < -0.4 is 5.32 Å². The average molecular weight is 436 g/mol. The van der Waals surface area contributed by atoms with Gasteiger partial charge in [-0.2, -0.15) is 13.2 Å². The number of nitrogens with one attached hydrogen (secondary N) is 1. The number of rotatable bonds is 7. The van der Waals surface area contributed by atoms with Crippen LogP contribution in [0.2, 0.25) is 0 Å². The highest BCUT2D eigenvalue weighted by Gasteiger charge is 2.45. The normalized spacial score (nSPS) is 19.0. The van der Waals surface area contributed by atoms with Gasteiger partial charge in [0.2, 0.25) is 15.9 Å². The van der Waals surface area contributed by atoms with E-state index in [1.54, 1.807) is 19.9 Å². The van der Waals surface area contributed by atoms with Crippen molar-refractivity contribution in [3.8, 4) is 0 Å². The molecule has 0 aromatic carbocycles. The summed E-state index contributed by atoms with van der Waals surface area (Å²) in [6, 6.07) is 4.77. The van der Waals surface area contributed by atoms with E-state index in [9.17, 15) is 26.4 Å². The van der Waals surface area contributed by atoms with Gasteiger partial charge in [0.1, 0.15) is 6.42 Å². The third-order valence-corrected chi connectivity index (χ3v) is 7.51. The maximum atomic E-state index is 12.6. The molecule has 0 radical (unpaired) electrons. The molecule has 0 bridgehead atoms. The molecular weight excluding hydrogens is 407 g/mol. The van der Waals surface area contributed by atoms with Gasteiger partial charge in [0.25, 0.3) is 0 Å². The van der Waals surface area contributed by atoms with E-state index in [0.29, 0.717) is 25.0 Å². The number of amides is 1. The number of hydrogen-bond donors (Lipinski definition) is 1. The van der Waals surface area contributed by atoms with Gasteiger partial charge >= 0.3 is 6.18 Å². The topological polar surface area (TPSA) is 79.4 Å². The minimum absolute atomic E-state index is 0.0561. The summed E-state index contributed by atoms with van der Waals surface area (Å²) >= 11 is 0. The fraction of sp³-hybridized carbons (Fsp3) is 0.684. The van der Waals surface area contributed by atoms with E-state index >= 15 is 0 Å². The molecular formula is C19H28F3N3O3S. The second-order valence-electron chi connectivity index (χ2n) is 7.62. The fourth-order valence-corrected chi connectivity index (χ4v) is 5.41. The van der Waals surface area contributed by atoms with Gasteiger partial charge in [0.15, 0.2) is 0 Å². The SMILES string of the molecule is CCCS(=O)(=O)N1CCC(c2cccc(C)n2)([C@H](C)NC(=O)CC(F)(F)F)CC1. The van der Waals surface area contributed by atoms with Crippen LogP contribution >= 0.6 is 0 Å². The summed E-state index contributed by atoms with van der Waals surface area (Å²) in [6.07, 6.45) is -4.91. The monoisotopic (exact) mass is 435 g/mol. The number of alkyl halides is 3. The third-order valence-electron chi connectivity index (χ3n) is 5.44. The highest BCUT2D eigenvalue weighted by Crippen LogP contribution is 2.39. The zero-order valence-electron chi connectivity index (χ0n) is 16.9. The molecule has 0 unspecified atom stereocenters. The summed E-state index contributed by atoms with van der Waals surface area (Å²) in [5.41, 5.74) is 0.660. The lowest BCUT2D eigenvalue weighted by molar-refractivity contribution is -0.154. The van der Waals surface area contributed by atoms with Crippen LogP contribution in [0, 0.1) is 6.92 Å². The molecule has 1 atom stereocenters. The largest absolute Gasteiger partial charge is 0.397 e. The van der Waals surface area contributed by atoms with Crippen molar-refractivity contribution in [1.29, 1.82) is 0 Å². The van der Waals surface area contributed by atoms with Crippen molar-refractivity contribution in [2.24, 2.45) is 0 Å². The zero-order valence-corrected chi connectivity index (χ0v) is 17.7. The molecule has 2 rings (SSSR count). The number of halogens is 3. The van der Waals surface area contributed by atoms with Crippen molar-refractivity contribution < 1.29 is 26.4 Å². The molecule has 1 fully saturated rings. The third kappa shape index (κ3) is 5.91. The Morgan fingerprint density at radius 1 is 1.31 bits per heavy atom. The van der Waals surface area contributed by atoms with Gasteiger partial charge in [-0.1, -0.05) is 13.0 Å². The van der Waals surface area contributed by atoms with Crippen LogP contribution in [0.5, 0.6) is 0 Å². The van der Waals surface area contributed by atoms with Gasteiger partial charge in [-0.25, -0.2) is 12.7 Å². The Bertz CT molecular complexity index is 819. The summed E-state index contributed by atoms with van der Waals surface area (Å²) < 4.78 is 64.0. The van der Waals surface area contributed by atoms with Crippen molar-refractivity contribution in [2.45, 2.75) is 64.1 Å². The van der Waals surface area contributed by atoms with Crippen LogP contribution in [0.1, 0.15) is 50.9 Å². The van der Waals surface area contributed by atoms with Gasteiger partial charge in [-0.05, 0) is 45.2 Å². The summed E-state index contributed by atoms with van der Waals surface area (Å²) in [4.78, 5) is 16.5. The molecule has 1 amide bonds. The Morgan fingerprint density at radius 3 is 2.45 bits per heavy atom. The van der Waals surface area contributed by atoms with E-state index in [4.69, 9.17) is 0 Å². The molecule has 1 N–H and O–H groups in total. The van der Waals surface area contributed by atoms with Crippen LogP contribution in [0.3, 0.4) is 0 Å². The Kier molecular flexibility index (Phi) is 7.32. The lowest BCUT2D eigenvalue weighted by Gasteiger charge is -2.45. The first-order chi connectivity index (χ1) is 13.4. The van der Waals surface area contributed by atoms with Crippen LogP contribution in [0.25, 0.3) is 0 Å². The van der Waals surface area contributed by atoms with Crippen molar-refractivity contribution in [2.75, 3.05) is 18.8 Å². The van der Waals surface area contributed by atoms with Gasteiger partial charge in [0, 0.05) is 35.9 Å². The van der Waals surface area contributed by atoms with Crippen LogP contribution in [-0.2, 0) is 20.2 Å². The average Bonchev–Trinajstić information content (AvgIpc) is 2.60. The van der Waals surface area contributed by atoms with E-state index in [2.05, 4.69) is 10.3 Å². The molecule has 1 aliphatic heterocycles. The van der Waals surface area contributed by atoms with Gasteiger partial charge < -0.3 is 5.32 Å². The predicted molar refractivity (Wildman–Crippen MR) is 104 cm³/mol. The molecule has 0 saturated carbocycles. The van der Waals surface area contributed by atoms with E-state index < -0.39 is 40.0 Å². The first-order valence-electron chi connectivity index (χ1n) is 9.68. The van der Waals surface area contributed by atoms with E-state index in [-0.39, 0.29) is 18.8 Å². The Labute approximate surface area is 169 Å². The lowest BCUT2D eigenvalue weighted by atomic mass is 9.70. The van der Waals surface area contributed by atoms with Crippen molar-refractivity contribution >= 4 is 15.9 Å². The zero-order chi connectivity index (χ0) is 21.9. The second kappa shape index (κ2) is 8.99. The minimum Gasteiger partial charge on any atom is -0.352 e.